The van der Waals surface area contributed by atoms with Crippen molar-refractivity contribution in [3.05, 3.63) is 103 Å². The van der Waals surface area contributed by atoms with Crippen LogP contribution >= 0.6 is 0 Å². The van der Waals surface area contributed by atoms with Crippen LogP contribution in [0.1, 0.15) is 47.7 Å². The lowest BCUT2D eigenvalue weighted by molar-refractivity contribution is 0.101. The smallest absolute Gasteiger partial charge is 0.272 e. The highest BCUT2D eigenvalue weighted by Crippen LogP contribution is 2.45. The zero-order valence-corrected chi connectivity index (χ0v) is 23.3. The van der Waals surface area contributed by atoms with Crippen LogP contribution in [0, 0.1) is 0 Å². The molecule has 1 amide bonds. The summed E-state index contributed by atoms with van der Waals surface area (Å²) in [5.74, 6) is 0.494. The van der Waals surface area contributed by atoms with Crippen LogP contribution in [0.4, 0.5) is 22.7 Å². The van der Waals surface area contributed by atoms with Gasteiger partial charge in [0.25, 0.3) is 5.91 Å². The Morgan fingerprint density at radius 3 is 2.20 bits per heavy atom. The zero-order valence-electron chi connectivity index (χ0n) is 23.3. The van der Waals surface area contributed by atoms with E-state index in [0.29, 0.717) is 11.6 Å². The van der Waals surface area contributed by atoms with Gasteiger partial charge in [-0.3, -0.25) is 4.79 Å². The Morgan fingerprint density at radius 1 is 0.829 bits per heavy atom. The predicted octanol–water partition coefficient (Wildman–Crippen LogP) is 6.80. The summed E-state index contributed by atoms with van der Waals surface area (Å²) in [6.45, 7) is 1.80. The van der Waals surface area contributed by atoms with Crippen molar-refractivity contribution in [2.24, 2.45) is 7.05 Å². The maximum atomic E-state index is 12.6. The monoisotopic (exact) mass is 545 g/mol. The summed E-state index contributed by atoms with van der Waals surface area (Å²) in [5, 5.41) is 17.7. The third kappa shape index (κ3) is 5.21. The highest BCUT2D eigenvalue weighted by molar-refractivity contribution is 6.03. The van der Waals surface area contributed by atoms with E-state index in [0.717, 1.165) is 48.7 Å². The minimum absolute atomic E-state index is 0.117. The van der Waals surface area contributed by atoms with Crippen LogP contribution in [0.15, 0.2) is 91.3 Å². The van der Waals surface area contributed by atoms with Gasteiger partial charge in [0.1, 0.15) is 5.69 Å². The lowest BCUT2D eigenvalue weighted by atomic mass is 10.1. The molecule has 7 nitrogen and oxygen atoms in total. The number of aryl methyl sites for hydroxylation is 1. The Kier molecular flexibility index (Phi) is 6.51. The number of fused-ring (bicyclic) bond motifs is 1. The largest absolute Gasteiger partial charge is 0.393 e. The lowest BCUT2D eigenvalue weighted by Crippen LogP contribution is -2.35. The van der Waals surface area contributed by atoms with Gasteiger partial charge < -0.3 is 29.8 Å². The Bertz CT molecular complexity index is 1690. The van der Waals surface area contributed by atoms with E-state index in [1.54, 1.807) is 0 Å². The van der Waals surface area contributed by atoms with Crippen molar-refractivity contribution >= 4 is 39.6 Å². The molecule has 3 N–H and O–H groups in total. The first-order valence-electron chi connectivity index (χ1n) is 14.5. The Labute approximate surface area is 240 Å². The van der Waals surface area contributed by atoms with Crippen LogP contribution < -0.4 is 15.5 Å². The molecule has 208 valence electrons. The fourth-order valence-corrected chi connectivity index (χ4v) is 5.91. The van der Waals surface area contributed by atoms with E-state index in [-0.39, 0.29) is 12.0 Å². The van der Waals surface area contributed by atoms with Crippen molar-refractivity contribution in [1.82, 2.24) is 9.13 Å². The third-order valence-electron chi connectivity index (χ3n) is 8.42. The van der Waals surface area contributed by atoms with Gasteiger partial charge >= 0.3 is 0 Å². The zero-order chi connectivity index (χ0) is 27.9. The molecule has 3 aromatic carbocycles. The molecule has 7 heteroatoms. The first-order chi connectivity index (χ1) is 20.0. The molecule has 2 aliphatic rings. The molecular formula is C34H35N5O2. The van der Waals surface area contributed by atoms with E-state index in [9.17, 15) is 9.90 Å². The van der Waals surface area contributed by atoms with Crippen molar-refractivity contribution < 1.29 is 9.90 Å². The fraction of sp³-hybridized carbons (Fsp3) is 0.265. The quantitative estimate of drug-likeness (QED) is 0.210. The standard InChI is InChI=1S/C34H35N5O2/c1-37-18-2-3-33(37)34(41)36-25-8-13-28(14-9-25)39-22-31(23-4-5-23)30-21-26(10-15-32(30)39)35-24-6-11-27(12-7-24)38-19-16-29(40)17-20-38/h2-3,6-15,18,21-23,29,35,40H,4-5,16-17,19-20H2,1H3,(H,36,41). The molecule has 2 aromatic heterocycles. The van der Waals surface area contributed by atoms with Crippen LogP contribution in [-0.2, 0) is 7.05 Å². The molecule has 0 spiro atoms. The number of carbonyl (C=O) groups excluding carboxylic acids is 1. The third-order valence-corrected chi connectivity index (χ3v) is 8.42. The van der Waals surface area contributed by atoms with Gasteiger partial charge in [-0.25, -0.2) is 0 Å². The van der Waals surface area contributed by atoms with Gasteiger partial charge in [-0.1, -0.05) is 0 Å². The first kappa shape index (κ1) is 25.5. The highest BCUT2D eigenvalue weighted by atomic mass is 16.3. The van der Waals surface area contributed by atoms with Gasteiger partial charge in [-0.2, -0.15) is 0 Å². The van der Waals surface area contributed by atoms with Crippen LogP contribution in [0.25, 0.3) is 16.6 Å². The average Bonchev–Trinajstić information content (AvgIpc) is 3.63. The summed E-state index contributed by atoms with van der Waals surface area (Å²) >= 11 is 0. The Morgan fingerprint density at radius 2 is 1.51 bits per heavy atom. The second-order valence-electron chi connectivity index (χ2n) is 11.4. The number of aromatic nitrogens is 2. The second kappa shape index (κ2) is 10.5. The molecule has 1 saturated carbocycles. The van der Waals surface area contributed by atoms with E-state index in [1.165, 1.54) is 35.0 Å². The van der Waals surface area contributed by atoms with Crippen molar-refractivity contribution in [2.75, 3.05) is 28.6 Å². The molecule has 41 heavy (non-hydrogen) atoms. The molecule has 3 heterocycles. The Balaban J connectivity index is 1.11. The van der Waals surface area contributed by atoms with Gasteiger partial charge in [0.2, 0.25) is 0 Å². The van der Waals surface area contributed by atoms with Crippen LogP contribution in [0.5, 0.6) is 0 Å². The fourth-order valence-electron chi connectivity index (χ4n) is 5.91. The molecule has 2 fully saturated rings. The van der Waals surface area contributed by atoms with Gasteiger partial charge in [0.05, 0.1) is 11.6 Å². The molecule has 7 rings (SSSR count). The molecule has 0 atom stereocenters. The highest BCUT2D eigenvalue weighted by Gasteiger charge is 2.27. The number of aliphatic hydroxyl groups is 1. The molecule has 0 radical (unpaired) electrons. The van der Waals surface area contributed by atoms with E-state index in [4.69, 9.17) is 0 Å². The van der Waals surface area contributed by atoms with Gasteiger partial charge in [-0.15, -0.1) is 0 Å². The summed E-state index contributed by atoms with van der Waals surface area (Å²) < 4.78 is 4.08. The number of nitrogens with one attached hydrogen (secondary N) is 2. The molecule has 1 aliphatic heterocycles. The minimum atomic E-state index is -0.163. The number of rotatable bonds is 7. The summed E-state index contributed by atoms with van der Waals surface area (Å²) in [4.78, 5) is 15.0. The summed E-state index contributed by atoms with van der Waals surface area (Å²) in [6.07, 6.45) is 8.12. The maximum absolute atomic E-state index is 12.6. The minimum Gasteiger partial charge on any atom is -0.393 e. The average molecular weight is 546 g/mol. The number of hydrogen-bond donors (Lipinski definition) is 3. The lowest BCUT2D eigenvalue weighted by Gasteiger charge is -2.31. The van der Waals surface area contributed by atoms with Crippen molar-refractivity contribution in [3.8, 4) is 5.69 Å². The summed E-state index contributed by atoms with van der Waals surface area (Å²) in [5.41, 5.74) is 8.39. The topological polar surface area (TPSA) is 74.5 Å². The molecule has 0 unspecified atom stereocenters. The molecule has 0 bridgehead atoms. The Hall–Kier alpha value is -4.49. The predicted molar refractivity (Wildman–Crippen MR) is 166 cm³/mol. The number of anilines is 4. The van der Waals surface area contributed by atoms with Crippen molar-refractivity contribution in [1.29, 1.82) is 0 Å². The van der Waals surface area contributed by atoms with Crippen LogP contribution in [0.2, 0.25) is 0 Å². The van der Waals surface area contributed by atoms with E-state index < -0.39 is 0 Å². The van der Waals surface area contributed by atoms with Crippen LogP contribution in [-0.4, -0.2) is 39.3 Å². The van der Waals surface area contributed by atoms with E-state index >= 15 is 0 Å². The summed E-state index contributed by atoms with van der Waals surface area (Å²) in [7, 11) is 1.87. The normalized spacial score (nSPS) is 15.8. The first-order valence-corrected chi connectivity index (χ1v) is 14.5. The molecule has 1 saturated heterocycles. The number of hydrogen-bond acceptors (Lipinski definition) is 4. The number of amides is 1. The van der Waals surface area contributed by atoms with Crippen LogP contribution in [0.3, 0.4) is 0 Å². The van der Waals surface area contributed by atoms with Gasteiger partial charge in [0, 0.05) is 66.4 Å². The van der Waals surface area contributed by atoms with Crippen molar-refractivity contribution in [2.45, 2.75) is 37.7 Å². The molecule has 5 aromatic rings. The van der Waals surface area contributed by atoms with E-state index in [1.807, 2.05) is 42.1 Å². The molecule has 1 aliphatic carbocycles. The molecular weight excluding hydrogens is 510 g/mol. The van der Waals surface area contributed by atoms with Gasteiger partial charge in [-0.05, 0) is 116 Å². The maximum Gasteiger partial charge on any atom is 0.272 e. The number of piperidine rings is 1. The number of aliphatic hydroxyl groups excluding tert-OH is 1. The number of benzene rings is 3. The van der Waals surface area contributed by atoms with Crippen molar-refractivity contribution in [3.63, 3.8) is 0 Å². The van der Waals surface area contributed by atoms with Gasteiger partial charge in [0.15, 0.2) is 0 Å². The van der Waals surface area contributed by atoms with E-state index in [2.05, 4.69) is 80.9 Å². The second-order valence-corrected chi connectivity index (χ2v) is 11.4. The number of carbonyl (C=O) groups is 1. The number of nitrogens with zero attached hydrogens (tertiary/aromatic N) is 3. The SMILES string of the molecule is Cn1cccc1C(=O)Nc1ccc(-n2cc(C3CC3)c3cc(Nc4ccc(N5CCC(O)CC5)cc4)ccc32)cc1. The summed E-state index contributed by atoms with van der Waals surface area (Å²) in [6, 6.07) is 26.9.